The predicted molar refractivity (Wildman–Crippen MR) is 48.0 cm³/mol. The smallest absolute Gasteiger partial charge is 0.121 e. The van der Waals surface area contributed by atoms with Crippen molar-refractivity contribution in [2.75, 3.05) is 0 Å². The van der Waals surface area contributed by atoms with E-state index in [1.54, 1.807) is 6.92 Å². The lowest BCUT2D eigenvalue weighted by atomic mass is 10.3. The van der Waals surface area contributed by atoms with Crippen LogP contribution in [0.5, 0.6) is 0 Å². The third-order valence-electron chi connectivity index (χ3n) is 1.69. The summed E-state index contributed by atoms with van der Waals surface area (Å²) in [7, 11) is 0. The maximum absolute atomic E-state index is 5.89. The summed E-state index contributed by atoms with van der Waals surface area (Å²) in [5.74, 6) is 0. The molecule has 0 nitrogen and oxygen atoms in total. The first-order valence-corrected chi connectivity index (χ1v) is 4.70. The van der Waals surface area contributed by atoms with Crippen molar-refractivity contribution < 1.29 is 0 Å². The molecule has 3 unspecified atom stereocenters. The summed E-state index contributed by atoms with van der Waals surface area (Å²) >= 11 is 28.7. The van der Waals surface area contributed by atoms with Crippen LogP contribution < -0.4 is 0 Å². The van der Waals surface area contributed by atoms with Gasteiger partial charge in [0, 0.05) is 0 Å². The van der Waals surface area contributed by atoms with Crippen molar-refractivity contribution in [3.63, 3.8) is 0 Å². The second-order valence-electron chi connectivity index (χ2n) is 2.37. The average Bonchev–Trinajstić information content (AvgIpc) is 2.16. The Labute approximate surface area is 84.7 Å². The van der Waals surface area contributed by atoms with E-state index in [0.29, 0.717) is 0 Å². The molecule has 0 N–H and O–H groups in total. The van der Waals surface area contributed by atoms with Crippen molar-refractivity contribution in [1.82, 2.24) is 0 Å². The van der Waals surface area contributed by atoms with Crippen molar-refractivity contribution in [3.05, 3.63) is 0 Å². The molecule has 1 aliphatic carbocycles. The van der Waals surface area contributed by atoms with Crippen LogP contribution in [0.1, 0.15) is 6.92 Å². The lowest BCUT2D eigenvalue weighted by molar-refractivity contribution is 0.840. The zero-order chi connectivity index (χ0) is 8.15. The molecular weight excluding hydrogens is 237 g/mol. The van der Waals surface area contributed by atoms with Gasteiger partial charge in [-0.15, -0.1) is 34.8 Å². The molecule has 0 amide bonds. The number of rotatable bonds is 1. The summed E-state index contributed by atoms with van der Waals surface area (Å²) in [6.07, 6.45) is 0. The van der Waals surface area contributed by atoms with Crippen LogP contribution >= 0.6 is 58.0 Å². The second-order valence-corrected chi connectivity index (χ2v) is 5.47. The van der Waals surface area contributed by atoms with Crippen LogP contribution in [-0.4, -0.2) is 20.0 Å². The molecule has 1 saturated carbocycles. The summed E-state index contributed by atoms with van der Waals surface area (Å²) < 4.78 is -1.07. The minimum Gasteiger partial charge on any atom is -0.121 e. The molecule has 1 fully saturated rings. The van der Waals surface area contributed by atoms with Crippen LogP contribution in [0.15, 0.2) is 0 Å². The summed E-state index contributed by atoms with van der Waals surface area (Å²) in [6, 6.07) is 0. The SMILES string of the molecule is CC(Cl)C1(Cl)C(Cl)C1(Cl)Cl. The Balaban J connectivity index is 2.78. The normalized spacial score (nSPS) is 46.8. The molecule has 0 aromatic heterocycles. The maximum atomic E-state index is 5.89. The molecule has 1 aliphatic rings. The minimum atomic E-state index is -1.07. The van der Waals surface area contributed by atoms with Crippen LogP contribution in [0.3, 0.4) is 0 Å². The Kier molecular flexibility index (Phi) is 2.35. The lowest BCUT2D eigenvalue weighted by Crippen LogP contribution is -2.20. The fourth-order valence-electron chi connectivity index (χ4n) is 0.819. The molecule has 1 rings (SSSR count). The van der Waals surface area contributed by atoms with E-state index < -0.39 is 14.6 Å². The first-order valence-electron chi connectivity index (χ1n) is 2.70. The highest BCUT2D eigenvalue weighted by Gasteiger charge is 2.77. The summed E-state index contributed by atoms with van der Waals surface area (Å²) in [5, 5.41) is -0.788. The van der Waals surface area contributed by atoms with E-state index in [2.05, 4.69) is 0 Å². The molecule has 3 atom stereocenters. The quantitative estimate of drug-likeness (QED) is 0.618. The monoisotopic (exact) mass is 240 g/mol. The Hall–Kier alpha value is 1.45. The van der Waals surface area contributed by atoms with E-state index in [-0.39, 0.29) is 5.38 Å². The topological polar surface area (TPSA) is 0 Å². The highest BCUT2D eigenvalue weighted by molar-refractivity contribution is 6.65. The molecule has 0 aromatic carbocycles. The largest absolute Gasteiger partial charge is 0.158 e. The molecule has 0 bridgehead atoms. The molecular formula is C5H5Cl5. The average molecular weight is 242 g/mol. The fraction of sp³-hybridized carbons (Fsp3) is 1.00. The Morgan fingerprint density at radius 2 is 1.60 bits per heavy atom. The number of hydrogen-bond donors (Lipinski definition) is 0. The highest BCUT2D eigenvalue weighted by Crippen LogP contribution is 2.66. The van der Waals surface area contributed by atoms with Crippen molar-refractivity contribution in [2.45, 2.75) is 26.9 Å². The van der Waals surface area contributed by atoms with Crippen molar-refractivity contribution >= 4 is 58.0 Å². The van der Waals surface area contributed by atoms with Gasteiger partial charge in [0.05, 0.1) is 10.8 Å². The van der Waals surface area contributed by atoms with Gasteiger partial charge in [-0.3, -0.25) is 0 Å². The van der Waals surface area contributed by atoms with Crippen LogP contribution in [0.2, 0.25) is 0 Å². The van der Waals surface area contributed by atoms with Crippen LogP contribution in [0, 0.1) is 0 Å². The van der Waals surface area contributed by atoms with E-state index in [9.17, 15) is 0 Å². The number of halogens is 5. The van der Waals surface area contributed by atoms with E-state index in [0.717, 1.165) is 0 Å². The number of alkyl halides is 5. The Morgan fingerprint density at radius 3 is 1.60 bits per heavy atom. The number of hydrogen-bond acceptors (Lipinski definition) is 0. The minimum absolute atomic E-state index is 0.327. The third kappa shape index (κ3) is 0.964. The molecule has 0 spiro atoms. The van der Waals surface area contributed by atoms with E-state index >= 15 is 0 Å². The molecule has 60 valence electrons. The molecule has 0 radical (unpaired) electrons. The summed E-state index contributed by atoms with van der Waals surface area (Å²) in [4.78, 5) is -0.862. The van der Waals surface area contributed by atoms with Crippen molar-refractivity contribution in [2.24, 2.45) is 0 Å². The lowest BCUT2D eigenvalue weighted by Gasteiger charge is -2.10. The van der Waals surface area contributed by atoms with Gasteiger partial charge in [0.2, 0.25) is 0 Å². The van der Waals surface area contributed by atoms with Gasteiger partial charge in [-0.05, 0) is 6.92 Å². The molecule has 0 saturated heterocycles. The second kappa shape index (κ2) is 2.47. The summed E-state index contributed by atoms with van der Waals surface area (Å²) in [5.41, 5.74) is 0. The molecule has 10 heavy (non-hydrogen) atoms. The van der Waals surface area contributed by atoms with Crippen LogP contribution in [0.4, 0.5) is 0 Å². The molecule has 0 heterocycles. The Bertz CT molecular complexity index is 154. The van der Waals surface area contributed by atoms with E-state index in [4.69, 9.17) is 58.0 Å². The first-order chi connectivity index (χ1) is 4.35. The van der Waals surface area contributed by atoms with Gasteiger partial charge in [0.1, 0.15) is 4.87 Å². The fourth-order valence-corrected chi connectivity index (χ4v) is 3.05. The Morgan fingerprint density at radius 1 is 1.30 bits per heavy atom. The van der Waals surface area contributed by atoms with Crippen LogP contribution in [0.25, 0.3) is 0 Å². The van der Waals surface area contributed by atoms with Gasteiger partial charge in [-0.25, -0.2) is 0 Å². The molecule has 0 aliphatic heterocycles. The van der Waals surface area contributed by atoms with Gasteiger partial charge in [-0.1, -0.05) is 23.2 Å². The predicted octanol–water partition coefficient (Wildman–Crippen LogP) is 3.39. The third-order valence-corrected chi connectivity index (χ3v) is 5.26. The van der Waals surface area contributed by atoms with Crippen molar-refractivity contribution in [3.8, 4) is 0 Å². The molecule has 0 aromatic rings. The van der Waals surface area contributed by atoms with E-state index in [1.165, 1.54) is 0 Å². The summed E-state index contributed by atoms with van der Waals surface area (Å²) in [6.45, 7) is 1.72. The van der Waals surface area contributed by atoms with Crippen molar-refractivity contribution in [1.29, 1.82) is 0 Å². The van der Waals surface area contributed by atoms with Gasteiger partial charge >= 0.3 is 0 Å². The standard InChI is InChI=1S/C5H5Cl5/c1-2(6)4(8)3(7)5(4,9)10/h2-3H,1H3. The zero-order valence-corrected chi connectivity index (χ0v) is 8.82. The zero-order valence-electron chi connectivity index (χ0n) is 5.04. The van der Waals surface area contributed by atoms with Gasteiger partial charge in [0.25, 0.3) is 0 Å². The van der Waals surface area contributed by atoms with Gasteiger partial charge < -0.3 is 0 Å². The van der Waals surface area contributed by atoms with E-state index in [1.807, 2.05) is 0 Å². The molecule has 5 heteroatoms. The van der Waals surface area contributed by atoms with Gasteiger partial charge in [0.15, 0.2) is 4.33 Å². The highest BCUT2D eigenvalue weighted by atomic mass is 35.5. The van der Waals surface area contributed by atoms with Crippen LogP contribution in [-0.2, 0) is 0 Å². The first kappa shape index (κ1) is 9.54. The maximum Gasteiger partial charge on any atom is 0.158 e. The van der Waals surface area contributed by atoms with Gasteiger partial charge in [-0.2, -0.15) is 0 Å².